The zero-order valence-electron chi connectivity index (χ0n) is 11.3. The fourth-order valence-electron chi connectivity index (χ4n) is 2.10. The molecule has 0 saturated carbocycles. The third kappa shape index (κ3) is 4.18. The van der Waals surface area contributed by atoms with Gasteiger partial charge >= 0.3 is 0 Å². The first-order valence-corrected chi connectivity index (χ1v) is 6.92. The third-order valence-corrected chi connectivity index (χ3v) is 3.34. The van der Waals surface area contributed by atoms with E-state index in [1.165, 1.54) is 12.1 Å². The van der Waals surface area contributed by atoms with Crippen molar-refractivity contribution in [1.82, 2.24) is 0 Å². The van der Waals surface area contributed by atoms with E-state index >= 15 is 0 Å². The van der Waals surface area contributed by atoms with E-state index in [-0.39, 0.29) is 24.6 Å². The number of aryl methyl sites for hydroxylation is 1. The Balaban J connectivity index is 1.90. The van der Waals surface area contributed by atoms with E-state index in [0.29, 0.717) is 13.0 Å². The van der Waals surface area contributed by atoms with Crippen LogP contribution in [0.2, 0.25) is 0 Å². The molecular formula is C15H21FO3. The first-order chi connectivity index (χ1) is 9.24. The van der Waals surface area contributed by atoms with E-state index in [4.69, 9.17) is 14.6 Å². The van der Waals surface area contributed by atoms with Crippen LogP contribution in [0.5, 0.6) is 5.75 Å². The molecule has 1 aromatic rings. The van der Waals surface area contributed by atoms with Crippen molar-refractivity contribution in [1.29, 1.82) is 0 Å². The van der Waals surface area contributed by atoms with Gasteiger partial charge in [-0.2, -0.15) is 0 Å². The summed E-state index contributed by atoms with van der Waals surface area (Å²) in [6.45, 7) is 2.83. The highest BCUT2D eigenvalue weighted by atomic mass is 19.1. The predicted molar refractivity (Wildman–Crippen MR) is 70.9 cm³/mol. The van der Waals surface area contributed by atoms with Crippen molar-refractivity contribution in [3.05, 3.63) is 29.6 Å². The first-order valence-electron chi connectivity index (χ1n) is 6.92. The van der Waals surface area contributed by atoms with Crippen LogP contribution in [0.1, 0.15) is 31.7 Å². The molecule has 0 amide bonds. The maximum Gasteiger partial charge on any atom is 0.123 e. The second-order valence-electron chi connectivity index (χ2n) is 4.89. The van der Waals surface area contributed by atoms with Crippen molar-refractivity contribution in [2.45, 2.75) is 44.8 Å². The highest BCUT2D eigenvalue weighted by molar-refractivity contribution is 5.34. The van der Waals surface area contributed by atoms with Gasteiger partial charge in [-0.15, -0.1) is 0 Å². The first kappa shape index (κ1) is 14.3. The Morgan fingerprint density at radius 1 is 1.37 bits per heavy atom. The molecular weight excluding hydrogens is 247 g/mol. The standard InChI is InChI=1S/C15H21FO3/c1-2-3-8-18-13-7-5-12(16)9-11(13)4-6-14-15(10-17)19-14/h5,7,9,14-15,17H,2-4,6,8,10H2,1H3/t14-,15+/m1/s1. The van der Waals surface area contributed by atoms with Crippen LogP contribution in [0.3, 0.4) is 0 Å². The van der Waals surface area contributed by atoms with Gasteiger partial charge in [0.2, 0.25) is 0 Å². The van der Waals surface area contributed by atoms with Crippen molar-refractivity contribution in [2.24, 2.45) is 0 Å². The molecule has 0 radical (unpaired) electrons. The number of hydrogen-bond acceptors (Lipinski definition) is 3. The molecule has 19 heavy (non-hydrogen) atoms. The van der Waals surface area contributed by atoms with Gasteiger partial charge in [0.25, 0.3) is 0 Å². The highest BCUT2D eigenvalue weighted by Gasteiger charge is 2.37. The molecule has 2 atom stereocenters. The summed E-state index contributed by atoms with van der Waals surface area (Å²) in [4.78, 5) is 0. The van der Waals surface area contributed by atoms with Crippen LogP contribution in [0.15, 0.2) is 18.2 Å². The molecule has 1 fully saturated rings. The summed E-state index contributed by atoms with van der Waals surface area (Å²) < 4.78 is 24.2. The number of hydrogen-bond donors (Lipinski definition) is 1. The van der Waals surface area contributed by atoms with E-state index < -0.39 is 0 Å². The molecule has 0 bridgehead atoms. The van der Waals surface area contributed by atoms with Crippen LogP contribution in [0.25, 0.3) is 0 Å². The van der Waals surface area contributed by atoms with Gasteiger partial charge in [-0.1, -0.05) is 13.3 Å². The summed E-state index contributed by atoms with van der Waals surface area (Å²) >= 11 is 0. The lowest BCUT2D eigenvalue weighted by atomic mass is 10.1. The lowest BCUT2D eigenvalue weighted by Gasteiger charge is -2.11. The fraction of sp³-hybridized carbons (Fsp3) is 0.600. The van der Waals surface area contributed by atoms with Crippen LogP contribution < -0.4 is 4.74 Å². The van der Waals surface area contributed by atoms with Gasteiger partial charge in [-0.05, 0) is 43.0 Å². The predicted octanol–water partition coefficient (Wildman–Crippen LogP) is 2.70. The molecule has 1 saturated heterocycles. The summed E-state index contributed by atoms with van der Waals surface area (Å²) in [6, 6.07) is 4.64. The van der Waals surface area contributed by atoms with Crippen LogP contribution in [0, 0.1) is 5.82 Å². The number of benzene rings is 1. The second kappa shape index (κ2) is 6.87. The molecule has 0 unspecified atom stereocenters. The Hall–Kier alpha value is -1.13. The maximum atomic E-state index is 13.3. The number of ether oxygens (including phenoxy) is 2. The molecule has 1 aliphatic heterocycles. The van der Waals surface area contributed by atoms with Crippen LogP contribution >= 0.6 is 0 Å². The van der Waals surface area contributed by atoms with Gasteiger partial charge in [0.1, 0.15) is 17.7 Å². The molecule has 1 heterocycles. The van der Waals surface area contributed by atoms with E-state index in [0.717, 1.165) is 30.6 Å². The number of epoxide rings is 1. The topological polar surface area (TPSA) is 42.0 Å². The lowest BCUT2D eigenvalue weighted by molar-refractivity contribution is 0.241. The number of aliphatic hydroxyl groups is 1. The van der Waals surface area contributed by atoms with Crippen LogP contribution in [0.4, 0.5) is 4.39 Å². The molecule has 0 aromatic heterocycles. The van der Waals surface area contributed by atoms with Crippen molar-refractivity contribution >= 4 is 0 Å². The molecule has 1 aromatic carbocycles. The van der Waals surface area contributed by atoms with Crippen LogP contribution in [-0.2, 0) is 11.2 Å². The Bertz CT molecular complexity index is 408. The minimum Gasteiger partial charge on any atom is -0.493 e. The van der Waals surface area contributed by atoms with E-state index in [1.807, 2.05) is 0 Å². The molecule has 1 aliphatic rings. The fourth-order valence-corrected chi connectivity index (χ4v) is 2.10. The average molecular weight is 268 g/mol. The van der Waals surface area contributed by atoms with E-state index in [9.17, 15) is 4.39 Å². The zero-order chi connectivity index (χ0) is 13.7. The van der Waals surface area contributed by atoms with Crippen molar-refractivity contribution < 1.29 is 19.0 Å². The minimum absolute atomic E-state index is 0.0296. The zero-order valence-corrected chi connectivity index (χ0v) is 11.3. The molecule has 3 nitrogen and oxygen atoms in total. The monoisotopic (exact) mass is 268 g/mol. The quantitative estimate of drug-likeness (QED) is 0.582. The highest BCUT2D eigenvalue weighted by Crippen LogP contribution is 2.29. The van der Waals surface area contributed by atoms with Gasteiger partial charge in [-0.3, -0.25) is 0 Å². The number of halogens is 1. The summed E-state index contributed by atoms with van der Waals surface area (Å²) in [6.07, 6.45) is 3.65. The smallest absolute Gasteiger partial charge is 0.123 e. The van der Waals surface area contributed by atoms with E-state index in [2.05, 4.69) is 6.92 Å². The SMILES string of the molecule is CCCCOc1ccc(F)cc1CC[C@H]1O[C@H]1CO. The number of rotatable bonds is 8. The maximum absolute atomic E-state index is 13.3. The number of unbranched alkanes of at least 4 members (excludes halogenated alkanes) is 1. The van der Waals surface area contributed by atoms with Gasteiger partial charge in [-0.25, -0.2) is 4.39 Å². The molecule has 106 valence electrons. The second-order valence-corrected chi connectivity index (χ2v) is 4.89. The molecule has 4 heteroatoms. The summed E-state index contributed by atoms with van der Waals surface area (Å²) in [7, 11) is 0. The summed E-state index contributed by atoms with van der Waals surface area (Å²) in [5.74, 6) is 0.518. The Labute approximate surface area is 113 Å². The lowest BCUT2D eigenvalue weighted by Crippen LogP contribution is -2.03. The molecule has 0 aliphatic carbocycles. The van der Waals surface area contributed by atoms with E-state index in [1.54, 1.807) is 6.07 Å². The average Bonchev–Trinajstić information content (AvgIpc) is 3.17. The summed E-state index contributed by atoms with van der Waals surface area (Å²) in [5.41, 5.74) is 0.878. The summed E-state index contributed by atoms with van der Waals surface area (Å²) in [5, 5.41) is 8.91. The van der Waals surface area contributed by atoms with Gasteiger partial charge in [0, 0.05) is 0 Å². The Morgan fingerprint density at radius 2 is 2.21 bits per heavy atom. The number of aliphatic hydroxyl groups excluding tert-OH is 1. The molecule has 2 rings (SSSR count). The van der Waals surface area contributed by atoms with Gasteiger partial charge in [0.05, 0.1) is 19.3 Å². The van der Waals surface area contributed by atoms with Crippen molar-refractivity contribution in [2.75, 3.05) is 13.2 Å². The van der Waals surface area contributed by atoms with Crippen molar-refractivity contribution in [3.8, 4) is 5.75 Å². The third-order valence-electron chi connectivity index (χ3n) is 3.34. The van der Waals surface area contributed by atoms with Crippen LogP contribution in [-0.4, -0.2) is 30.5 Å². The molecule has 0 spiro atoms. The Kier molecular flexibility index (Phi) is 5.16. The van der Waals surface area contributed by atoms with Crippen molar-refractivity contribution in [3.63, 3.8) is 0 Å². The largest absolute Gasteiger partial charge is 0.493 e. The molecule has 1 N–H and O–H groups in total. The van der Waals surface area contributed by atoms with Gasteiger partial charge < -0.3 is 14.6 Å². The van der Waals surface area contributed by atoms with Gasteiger partial charge in [0.15, 0.2) is 0 Å². The Morgan fingerprint density at radius 3 is 2.89 bits per heavy atom. The normalized spacial score (nSPS) is 21.4. The minimum atomic E-state index is -0.242.